The van der Waals surface area contributed by atoms with Gasteiger partial charge in [-0.05, 0) is 57.0 Å². The smallest absolute Gasteiger partial charge is 0.193 e. The molecule has 0 aromatic carbocycles. The zero-order valence-corrected chi connectivity index (χ0v) is 29.6. The number of rotatable bonds is 10. The summed E-state index contributed by atoms with van der Waals surface area (Å²) in [6, 6.07) is 0. The molecule has 9 nitrogen and oxygen atoms in total. The molecule has 0 unspecified atom stereocenters. The number of ether oxygens (including phenoxy) is 4. The van der Waals surface area contributed by atoms with Crippen molar-refractivity contribution in [2.45, 2.75) is 179 Å². The van der Waals surface area contributed by atoms with Crippen LogP contribution in [0.2, 0.25) is 36.3 Å². The number of aliphatic hydroxyl groups is 3. The van der Waals surface area contributed by atoms with E-state index in [1.54, 1.807) is 13.8 Å². The van der Waals surface area contributed by atoms with E-state index in [9.17, 15) is 15.3 Å². The molecule has 11 atom stereocenters. The van der Waals surface area contributed by atoms with E-state index in [-0.39, 0.29) is 16.5 Å². The fourth-order valence-electron chi connectivity index (χ4n) is 4.55. The van der Waals surface area contributed by atoms with Gasteiger partial charge in [0.25, 0.3) is 0 Å². The Morgan fingerprint density at radius 3 is 1.88 bits per heavy atom. The topological polar surface area (TPSA) is 116 Å². The van der Waals surface area contributed by atoms with Gasteiger partial charge in [-0.1, -0.05) is 47.5 Å². The fourth-order valence-corrected chi connectivity index (χ4v) is 7.08. The highest BCUT2D eigenvalue weighted by atomic mass is 28.4. The first kappa shape index (κ1) is 36.8. The van der Waals surface area contributed by atoms with Crippen LogP contribution in [0.4, 0.5) is 0 Å². The van der Waals surface area contributed by atoms with E-state index in [1.807, 2.05) is 6.92 Å². The molecule has 0 saturated carbocycles. The standard InChI is InChI=1S/C30H58O9Si2/c1-15-22(38-40(11,12)29(5,6)7)27(18(2)31)36-25-17-23(39-41(13,14)30(8,9)10)28(20(4)35-25)37-24-16-21(32)26(33)19(3)34-24/h1,18-28,31-33H,16-17H2,2-14H3/t18-,19-,20-,21-,22-,23-,24-,25-,26+,27+,28+/m0/s1. The number of hydrogen-bond donors (Lipinski definition) is 3. The molecular formula is C30H58O9Si2. The summed E-state index contributed by atoms with van der Waals surface area (Å²) in [6.45, 7) is 26.8. The lowest BCUT2D eigenvalue weighted by atomic mass is 10.0. The van der Waals surface area contributed by atoms with Crippen LogP contribution in [0.5, 0.6) is 0 Å². The molecule has 0 aromatic rings. The normalized spacial score (nSPS) is 34.5. The molecule has 2 saturated heterocycles. The van der Waals surface area contributed by atoms with E-state index in [0.717, 1.165) is 0 Å². The van der Waals surface area contributed by atoms with Gasteiger partial charge < -0.3 is 43.1 Å². The summed E-state index contributed by atoms with van der Waals surface area (Å²) < 4.78 is 38.4. The Labute approximate surface area is 250 Å². The Bertz CT molecular complexity index is 865. The summed E-state index contributed by atoms with van der Waals surface area (Å²) in [5.41, 5.74) is 0. The fraction of sp³-hybridized carbons (Fsp3) is 0.933. The third kappa shape index (κ3) is 9.31. The predicted molar refractivity (Wildman–Crippen MR) is 164 cm³/mol. The van der Waals surface area contributed by atoms with Gasteiger partial charge in [-0.3, -0.25) is 0 Å². The highest BCUT2D eigenvalue weighted by Gasteiger charge is 2.49. The minimum atomic E-state index is -2.26. The molecule has 0 aromatic heterocycles. The van der Waals surface area contributed by atoms with Crippen molar-refractivity contribution in [1.82, 2.24) is 0 Å². The van der Waals surface area contributed by atoms with Crippen molar-refractivity contribution in [2.75, 3.05) is 0 Å². The molecule has 2 heterocycles. The van der Waals surface area contributed by atoms with Crippen molar-refractivity contribution >= 4 is 16.6 Å². The molecular weight excluding hydrogens is 560 g/mol. The van der Waals surface area contributed by atoms with Gasteiger partial charge in [0.2, 0.25) is 0 Å². The summed E-state index contributed by atoms with van der Waals surface area (Å²) >= 11 is 0. The maximum absolute atomic E-state index is 10.8. The van der Waals surface area contributed by atoms with Crippen LogP contribution in [0.15, 0.2) is 0 Å². The van der Waals surface area contributed by atoms with Gasteiger partial charge >= 0.3 is 0 Å². The van der Waals surface area contributed by atoms with Gasteiger partial charge in [-0.2, -0.15) is 0 Å². The van der Waals surface area contributed by atoms with E-state index in [1.165, 1.54) is 0 Å². The van der Waals surface area contributed by atoms with E-state index < -0.39 is 84.2 Å². The second-order valence-electron chi connectivity index (χ2n) is 14.9. The van der Waals surface area contributed by atoms with Gasteiger partial charge in [0.15, 0.2) is 29.2 Å². The molecule has 3 N–H and O–H groups in total. The van der Waals surface area contributed by atoms with Gasteiger partial charge in [0.1, 0.15) is 24.4 Å². The molecule has 11 heteroatoms. The lowest BCUT2D eigenvalue weighted by Gasteiger charge is -2.48. The van der Waals surface area contributed by atoms with Crippen molar-refractivity contribution in [2.24, 2.45) is 0 Å². The van der Waals surface area contributed by atoms with Crippen molar-refractivity contribution in [3.8, 4) is 12.3 Å². The molecule has 2 aliphatic heterocycles. The van der Waals surface area contributed by atoms with Crippen molar-refractivity contribution in [3.63, 3.8) is 0 Å². The molecule has 0 aliphatic carbocycles. The molecule has 0 radical (unpaired) electrons. The summed E-state index contributed by atoms with van der Waals surface area (Å²) in [4.78, 5) is 0. The molecule has 2 rings (SSSR count). The Morgan fingerprint density at radius 2 is 1.41 bits per heavy atom. The van der Waals surface area contributed by atoms with Crippen molar-refractivity contribution in [3.05, 3.63) is 0 Å². The van der Waals surface area contributed by atoms with Crippen molar-refractivity contribution < 1.29 is 43.1 Å². The minimum absolute atomic E-state index is 0.0562. The van der Waals surface area contributed by atoms with E-state index in [4.69, 9.17) is 34.2 Å². The molecule has 2 fully saturated rings. The number of aliphatic hydroxyl groups excluding tert-OH is 3. The SMILES string of the molecule is C#C[C@H](O[Si](C)(C)C(C)(C)C)[C@H](O[C@H]1C[C@H](O[Si](C)(C)C(C)(C)C)[C@H](O[C@H]2C[C@H](O)[C@H](O)[C@H](C)O2)[C@H](C)O1)[C@H](C)O. The van der Waals surface area contributed by atoms with Crippen LogP contribution in [-0.2, 0) is 27.8 Å². The minimum Gasteiger partial charge on any atom is -0.411 e. The van der Waals surface area contributed by atoms with Crippen LogP contribution in [0, 0.1) is 12.3 Å². The van der Waals surface area contributed by atoms with Crippen LogP contribution in [0.3, 0.4) is 0 Å². The Hall–Kier alpha value is -0.366. The number of terminal acetylenes is 1. The second kappa shape index (κ2) is 13.7. The summed E-state index contributed by atoms with van der Waals surface area (Å²) in [5.74, 6) is 2.72. The van der Waals surface area contributed by atoms with Crippen LogP contribution in [0.25, 0.3) is 0 Å². The molecule has 0 spiro atoms. The average molecular weight is 619 g/mol. The zero-order chi connectivity index (χ0) is 31.7. The highest BCUT2D eigenvalue weighted by molar-refractivity contribution is 6.74. The summed E-state index contributed by atoms with van der Waals surface area (Å²) in [5, 5.41) is 31.1. The van der Waals surface area contributed by atoms with Gasteiger partial charge in [0.05, 0.1) is 30.5 Å². The molecule has 0 bridgehead atoms. The maximum atomic E-state index is 10.8. The average Bonchev–Trinajstić information content (AvgIpc) is 2.80. The van der Waals surface area contributed by atoms with Crippen LogP contribution in [-0.4, -0.2) is 99.5 Å². The predicted octanol–water partition coefficient (Wildman–Crippen LogP) is 4.54. The number of hydrogen-bond acceptors (Lipinski definition) is 9. The van der Waals surface area contributed by atoms with Gasteiger partial charge in [-0.25, -0.2) is 0 Å². The van der Waals surface area contributed by atoms with Crippen molar-refractivity contribution in [1.29, 1.82) is 0 Å². The quantitative estimate of drug-likeness (QED) is 0.240. The first-order chi connectivity index (χ1) is 18.5. The van der Waals surface area contributed by atoms with E-state index in [0.29, 0.717) is 6.42 Å². The van der Waals surface area contributed by atoms with Crippen LogP contribution < -0.4 is 0 Å². The molecule has 41 heavy (non-hydrogen) atoms. The first-order valence-electron chi connectivity index (χ1n) is 15.0. The largest absolute Gasteiger partial charge is 0.411 e. The molecule has 240 valence electrons. The second-order valence-corrected chi connectivity index (χ2v) is 24.4. The van der Waals surface area contributed by atoms with Crippen LogP contribution in [0.1, 0.15) is 75.2 Å². The Morgan fingerprint density at radius 1 is 0.878 bits per heavy atom. The monoisotopic (exact) mass is 618 g/mol. The Kier molecular flexibility index (Phi) is 12.3. The highest BCUT2D eigenvalue weighted by Crippen LogP contribution is 2.41. The van der Waals surface area contributed by atoms with E-state index >= 15 is 0 Å². The lowest BCUT2D eigenvalue weighted by Crippen LogP contribution is -2.58. The molecule has 0 amide bonds. The maximum Gasteiger partial charge on any atom is 0.193 e. The third-order valence-corrected chi connectivity index (χ3v) is 18.3. The van der Waals surface area contributed by atoms with Gasteiger partial charge in [0, 0.05) is 12.8 Å². The third-order valence-electron chi connectivity index (χ3n) is 9.33. The molecule has 2 aliphatic rings. The summed E-state index contributed by atoms with van der Waals surface area (Å²) in [7, 11) is -4.52. The van der Waals surface area contributed by atoms with Crippen LogP contribution >= 0.6 is 0 Å². The lowest BCUT2D eigenvalue weighted by molar-refractivity contribution is -0.318. The first-order valence-corrected chi connectivity index (χ1v) is 20.8. The summed E-state index contributed by atoms with van der Waals surface area (Å²) in [6.07, 6.45) is -1.39. The Balaban J connectivity index is 2.31. The zero-order valence-electron chi connectivity index (χ0n) is 27.6. The van der Waals surface area contributed by atoms with Gasteiger partial charge in [-0.15, -0.1) is 6.42 Å². The van der Waals surface area contributed by atoms with E-state index in [2.05, 4.69) is 73.7 Å².